The fraction of sp³-hybridized carbons (Fsp3) is 0.842. The van der Waals surface area contributed by atoms with Gasteiger partial charge in [0, 0.05) is 17.5 Å². The van der Waals surface area contributed by atoms with E-state index in [0.29, 0.717) is 0 Å². The number of hydrogen-bond acceptors (Lipinski definition) is 3. The summed E-state index contributed by atoms with van der Waals surface area (Å²) in [4.78, 5) is 11.4. The first-order valence-electron chi connectivity index (χ1n) is 8.94. The second-order valence-electron chi connectivity index (χ2n) is 7.04. The Bertz CT molecular complexity index is 313. The Morgan fingerprint density at radius 3 is 2.04 bits per heavy atom. The Morgan fingerprint density at radius 1 is 1.13 bits per heavy atom. The van der Waals surface area contributed by atoms with Crippen molar-refractivity contribution in [2.75, 3.05) is 0 Å². The molecule has 2 atom stereocenters. The van der Waals surface area contributed by atoms with Crippen LogP contribution >= 0.6 is 12.4 Å². The number of unbranched alkanes of at least 4 members (excludes halogenated alkanes) is 7. The standard InChI is InChI=1S/C19H37NO2.ClH/c1-6-8-9-10-11-12-13-14-15-17(19(4,5)20)16(3)22-18(21)7-2;/h7,16-17H,2,6,8-15,20H2,1,3-5H3;1H. The molecule has 2 unspecified atom stereocenters. The average Bonchev–Trinajstić information content (AvgIpc) is 2.43. The zero-order valence-electron chi connectivity index (χ0n) is 15.6. The summed E-state index contributed by atoms with van der Waals surface area (Å²) in [7, 11) is 0. The van der Waals surface area contributed by atoms with E-state index in [4.69, 9.17) is 10.5 Å². The molecule has 4 heteroatoms. The summed E-state index contributed by atoms with van der Waals surface area (Å²) >= 11 is 0. The Hall–Kier alpha value is -0.540. The van der Waals surface area contributed by atoms with Crippen LogP contribution in [0.5, 0.6) is 0 Å². The highest BCUT2D eigenvalue weighted by Gasteiger charge is 2.31. The largest absolute Gasteiger partial charge is 0.459 e. The van der Waals surface area contributed by atoms with Crippen molar-refractivity contribution < 1.29 is 9.53 Å². The second-order valence-corrected chi connectivity index (χ2v) is 7.04. The molecule has 0 rings (SSSR count). The Kier molecular flexibility index (Phi) is 14.9. The van der Waals surface area contributed by atoms with Crippen LogP contribution < -0.4 is 5.73 Å². The van der Waals surface area contributed by atoms with E-state index in [0.717, 1.165) is 12.8 Å². The molecule has 0 amide bonds. The molecule has 0 aliphatic carbocycles. The van der Waals surface area contributed by atoms with Crippen LogP contribution in [0.3, 0.4) is 0 Å². The zero-order chi connectivity index (χ0) is 17.0. The first kappa shape index (κ1) is 24.7. The first-order valence-corrected chi connectivity index (χ1v) is 8.94. The highest BCUT2D eigenvalue weighted by atomic mass is 35.5. The minimum absolute atomic E-state index is 0. The molecule has 2 N–H and O–H groups in total. The molecule has 0 heterocycles. The number of esters is 1. The number of nitrogens with two attached hydrogens (primary N) is 1. The first-order chi connectivity index (χ1) is 10.3. The third-order valence-electron chi connectivity index (χ3n) is 4.36. The van der Waals surface area contributed by atoms with Crippen LogP contribution in [0.4, 0.5) is 0 Å². The molecule has 0 spiro atoms. The van der Waals surface area contributed by atoms with Gasteiger partial charge in [0.2, 0.25) is 0 Å². The predicted octanol–water partition coefficient (Wildman–Crippen LogP) is 5.41. The van der Waals surface area contributed by atoms with E-state index in [1.807, 2.05) is 20.8 Å². The van der Waals surface area contributed by atoms with Gasteiger partial charge < -0.3 is 10.5 Å². The van der Waals surface area contributed by atoms with Crippen molar-refractivity contribution in [3.8, 4) is 0 Å². The van der Waals surface area contributed by atoms with Crippen LogP contribution in [0.1, 0.15) is 85.5 Å². The molecule has 0 aliphatic rings. The summed E-state index contributed by atoms with van der Waals surface area (Å²) in [5.74, 6) is -0.186. The lowest BCUT2D eigenvalue weighted by Crippen LogP contribution is -2.47. The van der Waals surface area contributed by atoms with Crippen LogP contribution in [0.15, 0.2) is 12.7 Å². The third-order valence-corrected chi connectivity index (χ3v) is 4.36. The van der Waals surface area contributed by atoms with Crippen molar-refractivity contribution in [2.24, 2.45) is 11.7 Å². The highest BCUT2D eigenvalue weighted by Crippen LogP contribution is 2.26. The van der Waals surface area contributed by atoms with Crippen LogP contribution in [-0.2, 0) is 9.53 Å². The maximum absolute atomic E-state index is 11.4. The maximum atomic E-state index is 11.4. The molecule has 3 nitrogen and oxygen atoms in total. The molecule has 0 radical (unpaired) electrons. The van der Waals surface area contributed by atoms with Gasteiger partial charge in [-0.2, -0.15) is 0 Å². The summed E-state index contributed by atoms with van der Waals surface area (Å²) < 4.78 is 5.37. The molecular weight excluding hydrogens is 310 g/mol. The van der Waals surface area contributed by atoms with Gasteiger partial charge >= 0.3 is 5.97 Å². The van der Waals surface area contributed by atoms with E-state index in [9.17, 15) is 4.79 Å². The minimum Gasteiger partial charge on any atom is -0.459 e. The Balaban J connectivity index is 0. The van der Waals surface area contributed by atoms with E-state index in [1.54, 1.807) is 0 Å². The average molecular weight is 348 g/mol. The van der Waals surface area contributed by atoms with Crippen molar-refractivity contribution in [3.05, 3.63) is 12.7 Å². The number of hydrogen-bond donors (Lipinski definition) is 1. The third kappa shape index (κ3) is 12.5. The minimum atomic E-state index is -0.363. The molecule has 23 heavy (non-hydrogen) atoms. The van der Waals surface area contributed by atoms with Gasteiger partial charge in [0.1, 0.15) is 6.10 Å². The Labute approximate surface area is 149 Å². The van der Waals surface area contributed by atoms with Crippen LogP contribution in [0, 0.1) is 5.92 Å². The fourth-order valence-corrected chi connectivity index (χ4v) is 3.02. The SMILES string of the molecule is C=CC(=O)OC(C)C(CCCCCCCCCC)C(C)(C)N.Cl. The smallest absolute Gasteiger partial charge is 0.330 e. The van der Waals surface area contributed by atoms with Crippen LogP contribution in [0.2, 0.25) is 0 Å². The summed E-state index contributed by atoms with van der Waals surface area (Å²) in [5.41, 5.74) is 5.93. The van der Waals surface area contributed by atoms with Crippen molar-refractivity contribution >= 4 is 18.4 Å². The highest BCUT2D eigenvalue weighted by molar-refractivity contribution is 5.85. The summed E-state index contributed by atoms with van der Waals surface area (Å²) in [6, 6.07) is 0. The molecule has 0 aromatic rings. The molecule has 0 fully saturated rings. The van der Waals surface area contributed by atoms with Crippen molar-refractivity contribution in [1.29, 1.82) is 0 Å². The van der Waals surface area contributed by atoms with Crippen molar-refractivity contribution in [2.45, 2.75) is 97.1 Å². The van der Waals surface area contributed by atoms with E-state index < -0.39 is 0 Å². The van der Waals surface area contributed by atoms with Gasteiger partial charge in [0.25, 0.3) is 0 Å². The van der Waals surface area contributed by atoms with E-state index >= 15 is 0 Å². The molecule has 0 aromatic heterocycles. The normalized spacial score (nSPS) is 13.8. The van der Waals surface area contributed by atoms with Gasteiger partial charge in [0.05, 0.1) is 0 Å². The maximum Gasteiger partial charge on any atom is 0.330 e. The number of carbonyl (C=O) groups excluding carboxylic acids is 1. The molecule has 0 aliphatic heterocycles. The fourth-order valence-electron chi connectivity index (χ4n) is 3.02. The van der Waals surface area contributed by atoms with Gasteiger partial charge in [-0.15, -0.1) is 12.4 Å². The number of carbonyl (C=O) groups is 1. The van der Waals surface area contributed by atoms with E-state index in [-0.39, 0.29) is 35.9 Å². The van der Waals surface area contributed by atoms with Crippen LogP contribution in [0.25, 0.3) is 0 Å². The van der Waals surface area contributed by atoms with Gasteiger partial charge in [-0.1, -0.05) is 64.9 Å². The summed E-state index contributed by atoms with van der Waals surface area (Å²) in [6.45, 7) is 11.7. The molecule has 0 bridgehead atoms. The van der Waals surface area contributed by atoms with Gasteiger partial charge in [0.15, 0.2) is 0 Å². The predicted molar refractivity (Wildman–Crippen MR) is 102 cm³/mol. The number of rotatable bonds is 13. The topological polar surface area (TPSA) is 52.3 Å². The molecule has 0 saturated heterocycles. The number of ether oxygens (including phenoxy) is 1. The molecular formula is C19H38ClNO2. The quantitative estimate of drug-likeness (QED) is 0.275. The van der Waals surface area contributed by atoms with Gasteiger partial charge in [-0.25, -0.2) is 4.79 Å². The number of halogens is 1. The molecule has 0 saturated carbocycles. The monoisotopic (exact) mass is 347 g/mol. The van der Waals surface area contributed by atoms with Crippen molar-refractivity contribution in [1.82, 2.24) is 0 Å². The Morgan fingerprint density at radius 2 is 1.61 bits per heavy atom. The lowest BCUT2D eigenvalue weighted by atomic mass is 9.80. The summed E-state index contributed by atoms with van der Waals surface area (Å²) in [6.07, 6.45) is 12.4. The zero-order valence-corrected chi connectivity index (χ0v) is 16.4. The second kappa shape index (κ2) is 13.9. The van der Waals surface area contributed by atoms with E-state index in [1.165, 1.54) is 51.0 Å². The van der Waals surface area contributed by atoms with Crippen molar-refractivity contribution in [3.63, 3.8) is 0 Å². The van der Waals surface area contributed by atoms with Gasteiger partial charge in [-0.05, 0) is 27.2 Å². The lowest BCUT2D eigenvalue weighted by molar-refractivity contribution is -0.145. The van der Waals surface area contributed by atoms with E-state index in [2.05, 4.69) is 13.5 Å². The molecule has 138 valence electrons. The van der Waals surface area contributed by atoms with Crippen LogP contribution in [-0.4, -0.2) is 17.6 Å². The molecule has 0 aromatic carbocycles. The summed E-state index contributed by atoms with van der Waals surface area (Å²) in [5, 5.41) is 0. The van der Waals surface area contributed by atoms with Gasteiger partial charge in [-0.3, -0.25) is 0 Å². The lowest BCUT2D eigenvalue weighted by Gasteiger charge is -2.34.